The maximum atomic E-state index is 14.7. The molecule has 164 valence electrons. The number of rotatable bonds is 8. The minimum Gasteiger partial charge on any atom is -0.384 e. The van der Waals surface area contributed by atoms with Gasteiger partial charge in [-0.25, -0.2) is 9.37 Å². The van der Waals surface area contributed by atoms with Gasteiger partial charge < -0.3 is 16.4 Å². The maximum Gasteiger partial charge on any atom is 0.182 e. The van der Waals surface area contributed by atoms with Crippen LogP contribution in [0, 0.1) is 5.82 Å². The van der Waals surface area contributed by atoms with E-state index in [2.05, 4.69) is 45.9 Å². The maximum absolute atomic E-state index is 14.7. The first kappa shape index (κ1) is 22.1. The molecule has 4 rings (SSSR count). The standard InChI is InChI=1S/C24H28ClFN4S/c25-20-14-17(16-30-23-29-12-13-31-23)21(26)15-22(20)28-11-10-24(8-6-19(27)7-9-24)18-4-2-1-3-5-18/h1-5,12-15,19,28H,6-11,16,27H2,(H,29,30). The number of nitrogens with one attached hydrogen (secondary N) is 2. The molecule has 1 heterocycles. The zero-order chi connectivity index (χ0) is 21.7. The first-order valence-electron chi connectivity index (χ1n) is 10.7. The molecule has 0 saturated heterocycles. The van der Waals surface area contributed by atoms with Crippen molar-refractivity contribution in [1.29, 1.82) is 0 Å². The number of anilines is 2. The molecule has 0 radical (unpaired) electrons. The lowest BCUT2D eigenvalue weighted by atomic mass is 9.66. The van der Waals surface area contributed by atoms with Gasteiger partial charge in [0.2, 0.25) is 0 Å². The van der Waals surface area contributed by atoms with Gasteiger partial charge in [0.25, 0.3) is 0 Å². The molecule has 1 aromatic heterocycles. The molecule has 4 N–H and O–H groups in total. The fourth-order valence-electron chi connectivity index (χ4n) is 4.44. The third kappa shape index (κ3) is 5.37. The fraction of sp³-hybridized carbons (Fsp3) is 0.375. The Hall–Kier alpha value is -2.15. The first-order valence-corrected chi connectivity index (χ1v) is 12.0. The molecule has 1 fully saturated rings. The van der Waals surface area contributed by atoms with Crippen LogP contribution >= 0.6 is 22.9 Å². The first-order chi connectivity index (χ1) is 15.1. The zero-order valence-electron chi connectivity index (χ0n) is 17.4. The van der Waals surface area contributed by atoms with Gasteiger partial charge in [-0.15, -0.1) is 11.3 Å². The quantitative estimate of drug-likeness (QED) is 0.376. The van der Waals surface area contributed by atoms with E-state index < -0.39 is 0 Å². The molecule has 1 aliphatic carbocycles. The summed E-state index contributed by atoms with van der Waals surface area (Å²) in [6, 6.07) is 14.2. The lowest BCUT2D eigenvalue weighted by molar-refractivity contribution is 0.258. The summed E-state index contributed by atoms with van der Waals surface area (Å²) in [5.41, 5.74) is 8.80. The van der Waals surface area contributed by atoms with Crippen LogP contribution in [0.15, 0.2) is 54.0 Å². The van der Waals surface area contributed by atoms with Crippen LogP contribution in [0.25, 0.3) is 0 Å². The number of thiazole rings is 1. The number of benzene rings is 2. The van der Waals surface area contributed by atoms with Crippen LogP contribution in [0.4, 0.5) is 15.2 Å². The summed E-state index contributed by atoms with van der Waals surface area (Å²) in [7, 11) is 0. The van der Waals surface area contributed by atoms with E-state index in [4.69, 9.17) is 17.3 Å². The van der Waals surface area contributed by atoms with Crippen molar-refractivity contribution < 1.29 is 4.39 Å². The Balaban J connectivity index is 1.41. The summed E-state index contributed by atoms with van der Waals surface area (Å²) >= 11 is 7.95. The Bertz CT molecular complexity index is 973. The van der Waals surface area contributed by atoms with Crippen molar-refractivity contribution in [2.75, 3.05) is 17.2 Å². The number of nitrogens with two attached hydrogens (primary N) is 1. The molecule has 0 aliphatic heterocycles. The summed E-state index contributed by atoms with van der Waals surface area (Å²) in [6.45, 7) is 1.07. The van der Waals surface area contributed by atoms with E-state index in [1.54, 1.807) is 12.3 Å². The number of aromatic nitrogens is 1. The summed E-state index contributed by atoms with van der Waals surface area (Å²) in [6.07, 6.45) is 6.88. The van der Waals surface area contributed by atoms with E-state index in [0.29, 0.717) is 28.9 Å². The summed E-state index contributed by atoms with van der Waals surface area (Å²) in [5, 5.41) is 9.65. The third-order valence-corrected chi connectivity index (χ3v) is 7.33. The molecule has 1 aliphatic rings. The summed E-state index contributed by atoms with van der Waals surface area (Å²) < 4.78 is 14.7. The Morgan fingerprint density at radius 1 is 1.16 bits per heavy atom. The van der Waals surface area contributed by atoms with Crippen LogP contribution < -0.4 is 16.4 Å². The Morgan fingerprint density at radius 3 is 2.65 bits per heavy atom. The van der Waals surface area contributed by atoms with Crippen LogP contribution in [0.1, 0.15) is 43.2 Å². The largest absolute Gasteiger partial charge is 0.384 e. The van der Waals surface area contributed by atoms with Crippen LogP contribution in [0.2, 0.25) is 5.02 Å². The van der Waals surface area contributed by atoms with Gasteiger partial charge in [0.05, 0.1) is 10.7 Å². The highest BCUT2D eigenvalue weighted by Gasteiger charge is 2.35. The number of hydrogen-bond acceptors (Lipinski definition) is 5. The number of nitrogens with zero attached hydrogens (tertiary/aromatic N) is 1. The van der Waals surface area contributed by atoms with Crippen molar-refractivity contribution in [3.8, 4) is 0 Å². The van der Waals surface area contributed by atoms with Crippen LogP contribution in [-0.4, -0.2) is 17.6 Å². The summed E-state index contributed by atoms with van der Waals surface area (Å²) in [5.74, 6) is -0.280. The molecule has 0 amide bonds. The molecular weight excluding hydrogens is 431 g/mol. The van der Waals surface area contributed by atoms with Gasteiger partial charge in [-0.1, -0.05) is 41.9 Å². The molecule has 0 unspecified atom stereocenters. The van der Waals surface area contributed by atoms with E-state index >= 15 is 0 Å². The van der Waals surface area contributed by atoms with Gasteiger partial charge in [-0.3, -0.25) is 0 Å². The average molecular weight is 459 g/mol. The van der Waals surface area contributed by atoms with Gasteiger partial charge >= 0.3 is 0 Å². The summed E-state index contributed by atoms with van der Waals surface area (Å²) in [4.78, 5) is 4.15. The van der Waals surface area contributed by atoms with Crippen LogP contribution in [-0.2, 0) is 12.0 Å². The van der Waals surface area contributed by atoms with E-state index in [0.717, 1.165) is 43.8 Å². The van der Waals surface area contributed by atoms with Crippen molar-refractivity contribution in [1.82, 2.24) is 4.98 Å². The van der Waals surface area contributed by atoms with Crippen LogP contribution in [0.5, 0.6) is 0 Å². The molecule has 7 heteroatoms. The molecule has 3 aromatic rings. The van der Waals surface area contributed by atoms with Crippen molar-refractivity contribution >= 4 is 33.8 Å². The third-order valence-electron chi connectivity index (χ3n) is 6.29. The van der Waals surface area contributed by atoms with Crippen molar-refractivity contribution in [3.63, 3.8) is 0 Å². The minimum atomic E-state index is -0.280. The predicted octanol–water partition coefficient (Wildman–Crippen LogP) is 6.19. The highest BCUT2D eigenvalue weighted by molar-refractivity contribution is 7.13. The van der Waals surface area contributed by atoms with E-state index in [1.165, 1.54) is 23.0 Å². The normalized spacial score (nSPS) is 21.1. The molecule has 1 saturated carbocycles. The molecular formula is C24H28ClFN4S. The smallest absolute Gasteiger partial charge is 0.182 e. The zero-order valence-corrected chi connectivity index (χ0v) is 19.0. The van der Waals surface area contributed by atoms with Gasteiger partial charge in [-0.2, -0.15) is 0 Å². The molecule has 0 spiro atoms. The van der Waals surface area contributed by atoms with E-state index in [-0.39, 0.29) is 11.2 Å². The second-order valence-electron chi connectivity index (χ2n) is 8.27. The minimum absolute atomic E-state index is 0.104. The Labute approximate surface area is 192 Å². The lowest BCUT2D eigenvalue weighted by Crippen LogP contribution is -2.38. The number of hydrogen-bond donors (Lipinski definition) is 3. The van der Waals surface area contributed by atoms with E-state index in [1.807, 2.05) is 5.38 Å². The highest BCUT2D eigenvalue weighted by atomic mass is 35.5. The second-order valence-corrected chi connectivity index (χ2v) is 9.58. The van der Waals surface area contributed by atoms with Gasteiger partial charge in [0.1, 0.15) is 5.82 Å². The van der Waals surface area contributed by atoms with Crippen molar-refractivity contribution in [2.45, 2.75) is 50.1 Å². The topological polar surface area (TPSA) is 63.0 Å². The van der Waals surface area contributed by atoms with E-state index in [9.17, 15) is 4.39 Å². The SMILES string of the molecule is NC1CCC(CCNc2cc(F)c(CNc3nccs3)cc2Cl)(c2ccccc2)CC1. The average Bonchev–Trinajstić information content (AvgIpc) is 3.31. The van der Waals surface area contributed by atoms with Gasteiger partial charge in [0.15, 0.2) is 5.13 Å². The predicted molar refractivity (Wildman–Crippen MR) is 129 cm³/mol. The van der Waals surface area contributed by atoms with Crippen LogP contribution in [0.3, 0.4) is 0 Å². The van der Waals surface area contributed by atoms with Crippen molar-refractivity contribution in [3.05, 3.63) is 76.0 Å². The van der Waals surface area contributed by atoms with Gasteiger partial charge in [0, 0.05) is 36.3 Å². The lowest BCUT2D eigenvalue weighted by Gasteiger charge is -2.40. The number of halogens is 2. The molecule has 0 bridgehead atoms. The fourth-order valence-corrected chi connectivity index (χ4v) is 5.23. The Morgan fingerprint density at radius 2 is 1.94 bits per heavy atom. The second kappa shape index (κ2) is 9.98. The molecule has 4 nitrogen and oxygen atoms in total. The molecule has 31 heavy (non-hydrogen) atoms. The van der Waals surface area contributed by atoms with Gasteiger partial charge in [-0.05, 0) is 55.2 Å². The monoisotopic (exact) mass is 458 g/mol. The molecule has 2 aromatic carbocycles. The molecule has 0 atom stereocenters. The Kier molecular flexibility index (Phi) is 7.10. The van der Waals surface area contributed by atoms with Crippen molar-refractivity contribution in [2.24, 2.45) is 5.73 Å². The highest BCUT2D eigenvalue weighted by Crippen LogP contribution is 2.42.